The van der Waals surface area contributed by atoms with Gasteiger partial charge in [0.05, 0.1) is 29.8 Å². The summed E-state index contributed by atoms with van der Waals surface area (Å²) < 4.78 is 12.2. The third-order valence-electron chi connectivity index (χ3n) is 7.20. The highest BCUT2D eigenvalue weighted by Crippen LogP contribution is 2.45. The Labute approximate surface area is 256 Å². The first kappa shape index (κ1) is 33.0. The van der Waals surface area contributed by atoms with Gasteiger partial charge < -0.3 is 30.8 Å². The maximum Gasteiger partial charge on any atom is 0.260 e. The lowest BCUT2D eigenvalue weighted by atomic mass is 10.0. The Hall–Kier alpha value is -3.49. The highest BCUT2D eigenvalue weighted by molar-refractivity contribution is 6.41. The summed E-state index contributed by atoms with van der Waals surface area (Å²) in [7, 11) is 2.92. The Morgan fingerprint density at radius 2 is 1.74 bits per heavy atom. The number of aromatic nitrogens is 1. The van der Waals surface area contributed by atoms with Gasteiger partial charge in [-0.25, -0.2) is 0 Å². The average molecular weight is 618 g/mol. The number of piperazine rings is 1. The van der Waals surface area contributed by atoms with Crippen molar-refractivity contribution >= 4 is 41.1 Å². The molecule has 3 rings (SSSR count). The fraction of sp³-hybridized carbons (Fsp3) is 0.433. The van der Waals surface area contributed by atoms with E-state index >= 15 is 0 Å². The maximum absolute atomic E-state index is 13.7. The molecule has 0 unspecified atom stereocenters. The number of anilines is 1. The molecule has 0 saturated carbocycles. The molecule has 2 aromatic rings. The zero-order chi connectivity index (χ0) is 30.8. The van der Waals surface area contributed by atoms with Crippen molar-refractivity contribution in [3.05, 3.63) is 50.2 Å². The summed E-state index contributed by atoms with van der Waals surface area (Å²) in [6, 6.07) is 3.06. The summed E-state index contributed by atoms with van der Waals surface area (Å²) in [5.41, 5.74) is 7.30. The minimum Gasteiger partial charge on any atom is -0.495 e. The molecule has 2 heterocycles. The minimum atomic E-state index is -0.377. The Kier molecular flexibility index (Phi) is 12.3. The molecule has 1 aliphatic heterocycles. The number of hydrogen-bond acceptors (Lipinski definition) is 8. The number of unbranched alkanes of at least 4 members (excludes halogenated alkanes) is 1. The van der Waals surface area contributed by atoms with Crippen LogP contribution in [0.5, 0.6) is 11.5 Å². The van der Waals surface area contributed by atoms with E-state index in [1.165, 1.54) is 24.9 Å². The van der Waals surface area contributed by atoms with E-state index in [9.17, 15) is 9.59 Å². The number of nitrogens with zero attached hydrogens (tertiary/aromatic N) is 3. The van der Waals surface area contributed by atoms with E-state index in [0.717, 1.165) is 45.4 Å². The van der Waals surface area contributed by atoms with Crippen LogP contribution in [0, 0.1) is 17.8 Å². The molecule has 0 bridgehead atoms. The van der Waals surface area contributed by atoms with Crippen molar-refractivity contribution < 1.29 is 14.3 Å². The van der Waals surface area contributed by atoms with Crippen molar-refractivity contribution in [2.24, 2.45) is 0 Å². The zero-order valence-electron chi connectivity index (χ0n) is 24.1. The van der Waals surface area contributed by atoms with Crippen molar-refractivity contribution in [2.75, 3.05) is 65.8 Å². The quantitative estimate of drug-likeness (QED) is 0.128. The number of ether oxygens (including phenoxy) is 2. The van der Waals surface area contributed by atoms with Gasteiger partial charge in [0.2, 0.25) is 5.91 Å². The number of carbonyl (C=O) groups excluding carboxylic acids is 1. The molecule has 4 N–H and O–H groups in total. The van der Waals surface area contributed by atoms with E-state index in [-0.39, 0.29) is 38.5 Å². The number of halogens is 2. The number of hydrogen-bond donors (Lipinski definition) is 3. The van der Waals surface area contributed by atoms with Gasteiger partial charge in [-0.05, 0) is 25.5 Å². The third kappa shape index (κ3) is 7.86. The fourth-order valence-corrected chi connectivity index (χ4v) is 5.53. The molecule has 226 valence electrons. The number of rotatable bonds is 14. The summed E-state index contributed by atoms with van der Waals surface area (Å²) in [4.78, 5) is 30.5. The van der Waals surface area contributed by atoms with E-state index in [0.29, 0.717) is 55.1 Å². The van der Waals surface area contributed by atoms with Crippen LogP contribution in [0.1, 0.15) is 24.8 Å². The molecule has 1 aromatic carbocycles. The molecule has 1 amide bonds. The summed E-state index contributed by atoms with van der Waals surface area (Å²) in [5, 5.41) is 11.1. The smallest absolute Gasteiger partial charge is 0.260 e. The Morgan fingerprint density at radius 1 is 1.12 bits per heavy atom. The predicted octanol–water partition coefficient (Wildman–Crippen LogP) is 3.51. The number of terminal acetylenes is 1. The number of carbonyl (C=O) groups is 1. The molecule has 0 aliphatic carbocycles. The van der Waals surface area contributed by atoms with E-state index in [4.69, 9.17) is 50.2 Å². The number of amides is 1. The average Bonchev–Trinajstić information content (AvgIpc) is 2.99. The largest absolute Gasteiger partial charge is 0.495 e. The van der Waals surface area contributed by atoms with Crippen molar-refractivity contribution in [1.29, 1.82) is 5.41 Å². The van der Waals surface area contributed by atoms with E-state index in [2.05, 4.69) is 27.6 Å². The van der Waals surface area contributed by atoms with Crippen molar-refractivity contribution in [1.82, 2.24) is 19.7 Å². The number of nitrogens with two attached hydrogens (primary N) is 1. The number of methoxy groups -OCH3 is 2. The summed E-state index contributed by atoms with van der Waals surface area (Å²) >= 11 is 13.2. The topological polar surface area (TPSA) is 126 Å². The number of benzene rings is 1. The fourth-order valence-electron chi connectivity index (χ4n) is 4.82. The van der Waals surface area contributed by atoms with Gasteiger partial charge in [-0.3, -0.25) is 19.1 Å². The number of pyridine rings is 1. The van der Waals surface area contributed by atoms with Crippen LogP contribution in [0.15, 0.2) is 29.1 Å². The lowest BCUT2D eigenvalue weighted by Crippen LogP contribution is -2.48. The number of nitrogen functional groups attached to an aromatic ring is 1. The Morgan fingerprint density at radius 3 is 2.31 bits per heavy atom. The number of nitrogens with one attached hydrogen (secondary N) is 2. The molecule has 10 nitrogen and oxygen atoms in total. The van der Waals surface area contributed by atoms with Gasteiger partial charge in [0.25, 0.3) is 5.56 Å². The second-order valence-electron chi connectivity index (χ2n) is 9.92. The Bertz CT molecular complexity index is 1380. The van der Waals surface area contributed by atoms with Crippen LogP contribution in [0.3, 0.4) is 0 Å². The summed E-state index contributed by atoms with van der Waals surface area (Å²) in [5.74, 6) is 3.22. The third-order valence-corrected chi connectivity index (χ3v) is 7.95. The maximum atomic E-state index is 13.7. The molecule has 0 spiro atoms. The summed E-state index contributed by atoms with van der Waals surface area (Å²) in [6.45, 7) is 9.32. The molecular weight excluding hydrogens is 579 g/mol. The first-order chi connectivity index (χ1) is 20.2. The van der Waals surface area contributed by atoms with Crippen molar-refractivity contribution in [3.63, 3.8) is 0 Å². The van der Waals surface area contributed by atoms with Crippen LogP contribution in [-0.4, -0.2) is 86.5 Å². The van der Waals surface area contributed by atoms with Gasteiger partial charge in [-0.2, -0.15) is 0 Å². The lowest BCUT2D eigenvalue weighted by molar-refractivity contribution is -0.117. The Balaban J connectivity index is 1.65. The van der Waals surface area contributed by atoms with Gasteiger partial charge in [0, 0.05) is 81.2 Å². The lowest BCUT2D eigenvalue weighted by Gasteiger charge is -2.35. The standard InChI is InChI=1S/C30H38Cl2N6O4/c1-5-6-7-9-35-29(39)20(2)19-37-14-12-36(13-15-37)10-8-11-38-28(34)21(18-33)16-22(30(38)40)25-26(31)23(41-3)17-24(42-4)27(25)32/h1,16-18,33H,2,6-15,19,34H2,3-4H3,(H,35,39). The first-order valence-electron chi connectivity index (χ1n) is 13.6. The van der Waals surface area contributed by atoms with Crippen LogP contribution in [0.4, 0.5) is 5.82 Å². The van der Waals surface area contributed by atoms with E-state index in [1.54, 1.807) is 6.07 Å². The molecule has 0 radical (unpaired) electrons. The normalized spacial score (nSPS) is 13.8. The second kappa shape index (κ2) is 15.7. The highest BCUT2D eigenvalue weighted by atomic mass is 35.5. The molecule has 0 atom stereocenters. The van der Waals surface area contributed by atoms with Crippen molar-refractivity contribution in [2.45, 2.75) is 25.8 Å². The predicted molar refractivity (Wildman–Crippen MR) is 169 cm³/mol. The summed E-state index contributed by atoms with van der Waals surface area (Å²) in [6.07, 6.45) is 8.37. The van der Waals surface area contributed by atoms with Gasteiger partial charge in [-0.1, -0.05) is 29.8 Å². The molecule has 42 heavy (non-hydrogen) atoms. The van der Waals surface area contributed by atoms with Crippen LogP contribution in [0.25, 0.3) is 11.1 Å². The molecule has 1 aliphatic rings. The van der Waals surface area contributed by atoms with Crippen molar-refractivity contribution in [3.8, 4) is 35.0 Å². The van der Waals surface area contributed by atoms with Crippen LogP contribution in [-0.2, 0) is 11.3 Å². The minimum absolute atomic E-state index is 0.140. The SMILES string of the molecule is C#CCCCNC(=O)C(=C)CN1CCN(CCCn2c(N)c(C=N)cc(-c3c(Cl)c(OC)cc(OC)c3Cl)c2=O)CC1. The van der Waals surface area contributed by atoms with Crippen LogP contribution in [0.2, 0.25) is 10.0 Å². The monoisotopic (exact) mass is 616 g/mol. The van der Waals surface area contributed by atoms with Crippen LogP contribution < -0.4 is 26.1 Å². The van der Waals surface area contributed by atoms with E-state index in [1.807, 2.05) is 0 Å². The molecule has 1 fully saturated rings. The van der Waals surface area contributed by atoms with Gasteiger partial charge in [0.15, 0.2) is 0 Å². The van der Waals surface area contributed by atoms with E-state index < -0.39 is 0 Å². The van der Waals surface area contributed by atoms with Gasteiger partial charge >= 0.3 is 0 Å². The molecule has 12 heteroatoms. The van der Waals surface area contributed by atoms with Crippen LogP contribution >= 0.6 is 23.2 Å². The first-order valence-corrected chi connectivity index (χ1v) is 14.4. The molecule has 1 saturated heterocycles. The van der Waals surface area contributed by atoms with Gasteiger partial charge in [-0.15, -0.1) is 12.3 Å². The molecule has 1 aromatic heterocycles. The van der Waals surface area contributed by atoms with Gasteiger partial charge in [0.1, 0.15) is 17.3 Å². The zero-order valence-corrected chi connectivity index (χ0v) is 25.6. The molecular formula is C30H38Cl2N6O4. The highest BCUT2D eigenvalue weighted by Gasteiger charge is 2.24. The second-order valence-corrected chi connectivity index (χ2v) is 10.7.